The number of hydrogen-bond donors (Lipinski definition) is 1. The van der Waals surface area contributed by atoms with E-state index in [0.717, 1.165) is 28.0 Å². The number of dihydropyridines is 1. The quantitative estimate of drug-likeness (QED) is 0.309. The third-order valence-electron chi connectivity index (χ3n) is 7.61. The van der Waals surface area contributed by atoms with Crippen LogP contribution in [0, 0.1) is 6.92 Å². The molecule has 2 heterocycles. The van der Waals surface area contributed by atoms with Gasteiger partial charge in [-0.2, -0.15) is 0 Å². The zero-order chi connectivity index (χ0) is 28.2. The predicted octanol–water partition coefficient (Wildman–Crippen LogP) is 6.30. The van der Waals surface area contributed by atoms with Crippen LogP contribution in [0.3, 0.4) is 0 Å². The van der Waals surface area contributed by atoms with Crippen molar-refractivity contribution in [1.82, 2.24) is 10.2 Å². The van der Waals surface area contributed by atoms with E-state index in [1.807, 2.05) is 80.6 Å². The number of nitrogens with zero attached hydrogens (tertiary/aromatic N) is 1. The number of esters is 1. The van der Waals surface area contributed by atoms with Crippen molar-refractivity contribution in [3.8, 4) is 0 Å². The monoisotopic (exact) mass is 592 g/mol. The number of methoxy groups -OCH3 is 1. The second-order valence-electron chi connectivity index (χ2n) is 10.2. The molecule has 2 aliphatic heterocycles. The Balaban J connectivity index is 0.00000387. The highest BCUT2D eigenvalue weighted by Crippen LogP contribution is 2.43. The van der Waals surface area contributed by atoms with E-state index in [1.165, 1.54) is 0 Å². The van der Waals surface area contributed by atoms with Gasteiger partial charge in [-0.1, -0.05) is 84.4 Å². The summed E-state index contributed by atoms with van der Waals surface area (Å²) in [6, 6.07) is 25.3. The van der Waals surface area contributed by atoms with E-state index < -0.39 is 18.0 Å². The van der Waals surface area contributed by atoms with Crippen LogP contribution in [0.2, 0.25) is 5.02 Å². The molecule has 2 atom stereocenters. The number of allylic oxidation sites excluding steroid dienone is 1. The molecule has 0 amide bonds. The molecule has 6 nitrogen and oxygen atoms in total. The second-order valence-corrected chi connectivity index (χ2v) is 10.6. The van der Waals surface area contributed by atoms with Crippen LogP contribution in [0.15, 0.2) is 101 Å². The minimum atomic E-state index is -0.591. The highest BCUT2D eigenvalue weighted by atomic mass is 35.5. The number of nitrogens with one attached hydrogen (secondary N) is 1. The lowest BCUT2D eigenvalue weighted by Crippen LogP contribution is -2.45. The maximum atomic E-state index is 13.8. The number of ether oxygens (including phenoxy) is 2. The lowest BCUT2D eigenvalue weighted by Gasteiger charge is -2.38. The van der Waals surface area contributed by atoms with Crippen molar-refractivity contribution >= 4 is 35.8 Å². The topological polar surface area (TPSA) is 67.9 Å². The highest BCUT2D eigenvalue weighted by Gasteiger charge is 2.41. The molecule has 0 radical (unpaired) electrons. The summed E-state index contributed by atoms with van der Waals surface area (Å²) in [5.74, 6) is -1.10. The summed E-state index contributed by atoms with van der Waals surface area (Å²) in [6.45, 7) is 5.30. The first kappa shape index (κ1) is 30.5. The molecule has 3 aromatic rings. The number of carbonyl (C=O) groups excluding carboxylic acids is 2. The average molecular weight is 594 g/mol. The molecule has 0 fully saturated rings. The highest BCUT2D eigenvalue weighted by molar-refractivity contribution is 6.31. The van der Waals surface area contributed by atoms with Gasteiger partial charge in [0.15, 0.2) is 5.78 Å². The fraction of sp³-hybridized carbons (Fsp3) is 0.273. The number of benzene rings is 3. The number of halogens is 2. The molecule has 0 aromatic heterocycles. The molecular weight excluding hydrogens is 559 g/mol. The minimum Gasteiger partial charge on any atom is -0.459 e. The molecule has 2 unspecified atom stereocenters. The maximum absolute atomic E-state index is 13.8. The second kappa shape index (κ2) is 13.5. The number of ketones is 1. The van der Waals surface area contributed by atoms with Crippen LogP contribution < -0.4 is 5.32 Å². The minimum absolute atomic E-state index is 0. The fourth-order valence-corrected chi connectivity index (χ4v) is 5.77. The molecule has 0 bridgehead atoms. The van der Waals surface area contributed by atoms with Crippen molar-refractivity contribution in [3.05, 3.63) is 129 Å². The molecule has 41 heavy (non-hydrogen) atoms. The summed E-state index contributed by atoms with van der Waals surface area (Å²) in [5.41, 5.74) is 6.19. The number of carbonyl (C=O) groups is 2. The Bertz CT molecular complexity index is 1470. The molecule has 0 aliphatic carbocycles. The normalized spacial score (nSPS) is 17.9. The summed E-state index contributed by atoms with van der Waals surface area (Å²) in [6.07, 6.45) is -0.411. The van der Waals surface area contributed by atoms with Crippen molar-refractivity contribution in [2.75, 3.05) is 26.8 Å². The van der Waals surface area contributed by atoms with E-state index in [4.69, 9.17) is 21.1 Å². The Morgan fingerprint density at radius 3 is 2.37 bits per heavy atom. The van der Waals surface area contributed by atoms with E-state index in [-0.39, 0.29) is 31.3 Å². The van der Waals surface area contributed by atoms with Crippen molar-refractivity contribution < 1.29 is 19.1 Å². The van der Waals surface area contributed by atoms with Crippen LogP contribution >= 0.6 is 24.0 Å². The Morgan fingerprint density at radius 1 is 1.00 bits per heavy atom. The first-order valence-electron chi connectivity index (χ1n) is 13.4. The van der Waals surface area contributed by atoms with Gasteiger partial charge in [0.05, 0.1) is 12.1 Å². The molecule has 1 N–H and O–H groups in total. The molecule has 0 spiro atoms. The van der Waals surface area contributed by atoms with Gasteiger partial charge in [-0.05, 0) is 42.2 Å². The summed E-state index contributed by atoms with van der Waals surface area (Å²) in [7, 11) is 1.59. The van der Waals surface area contributed by atoms with Gasteiger partial charge in [-0.15, -0.1) is 12.4 Å². The third-order valence-corrected chi connectivity index (χ3v) is 8.01. The number of hydrogen-bond acceptors (Lipinski definition) is 6. The molecule has 0 saturated carbocycles. The molecule has 214 valence electrons. The van der Waals surface area contributed by atoms with E-state index >= 15 is 0 Å². The van der Waals surface area contributed by atoms with Crippen LogP contribution in [0.25, 0.3) is 0 Å². The summed E-state index contributed by atoms with van der Waals surface area (Å²) >= 11 is 6.54. The number of Topliss-reactive ketones (excluding diaryl/α,β-unsaturated/α-hetero) is 1. The van der Waals surface area contributed by atoms with Crippen LogP contribution in [0.4, 0.5) is 0 Å². The van der Waals surface area contributed by atoms with Gasteiger partial charge < -0.3 is 14.8 Å². The van der Waals surface area contributed by atoms with Crippen LogP contribution in [-0.2, 0) is 25.6 Å². The van der Waals surface area contributed by atoms with Crippen molar-refractivity contribution in [2.45, 2.75) is 32.4 Å². The SMILES string of the molecule is COC(COC(=O)C1=C(C)NC2=C(C(=O)CN(Cc3ccccc3)C2)C1c1cccc(Cl)c1C)c1ccccc1.Cl. The van der Waals surface area contributed by atoms with Crippen molar-refractivity contribution in [1.29, 1.82) is 0 Å². The van der Waals surface area contributed by atoms with Crippen molar-refractivity contribution in [2.24, 2.45) is 0 Å². The van der Waals surface area contributed by atoms with Gasteiger partial charge >= 0.3 is 5.97 Å². The first-order chi connectivity index (χ1) is 19.4. The Hall–Kier alpha value is -3.42. The molecule has 8 heteroatoms. The standard InChI is InChI=1S/C33H33ClN2O4.ClH/c1-21-25(15-10-16-26(21)34)31-30(33(38)40-20-29(39-3)24-13-8-5-9-14-24)22(2)35-27-18-36(19-28(37)32(27)31)17-23-11-6-4-7-12-23;/h4-16,29,31,35H,17-20H2,1-3H3;1H. The summed E-state index contributed by atoms with van der Waals surface area (Å²) in [5, 5.41) is 3.98. The zero-order valence-electron chi connectivity index (χ0n) is 23.4. The van der Waals surface area contributed by atoms with E-state index in [0.29, 0.717) is 35.0 Å². The van der Waals surface area contributed by atoms with Crippen LogP contribution in [0.1, 0.15) is 41.2 Å². The van der Waals surface area contributed by atoms with Gasteiger partial charge in [0.1, 0.15) is 12.7 Å². The smallest absolute Gasteiger partial charge is 0.336 e. The maximum Gasteiger partial charge on any atom is 0.336 e. The van der Waals surface area contributed by atoms with Gasteiger partial charge in [0.2, 0.25) is 0 Å². The molecule has 0 saturated heterocycles. The Labute approximate surface area is 252 Å². The lowest BCUT2D eigenvalue weighted by atomic mass is 9.76. The molecular formula is C33H34Cl2N2O4. The molecule has 3 aromatic carbocycles. The third kappa shape index (κ3) is 6.57. The van der Waals surface area contributed by atoms with Crippen molar-refractivity contribution in [3.63, 3.8) is 0 Å². The van der Waals surface area contributed by atoms with Gasteiger partial charge in [0.25, 0.3) is 0 Å². The summed E-state index contributed by atoms with van der Waals surface area (Å²) < 4.78 is 11.5. The first-order valence-corrected chi connectivity index (χ1v) is 13.7. The Kier molecular flexibility index (Phi) is 10.1. The average Bonchev–Trinajstić information content (AvgIpc) is 2.95. The van der Waals surface area contributed by atoms with Gasteiger partial charge in [-0.3, -0.25) is 9.69 Å². The van der Waals surface area contributed by atoms with E-state index in [1.54, 1.807) is 7.11 Å². The zero-order valence-corrected chi connectivity index (χ0v) is 24.9. The molecule has 5 rings (SSSR count). The van der Waals surface area contributed by atoms with E-state index in [2.05, 4.69) is 22.3 Å². The fourth-order valence-electron chi connectivity index (χ4n) is 5.59. The van der Waals surface area contributed by atoms with Crippen LogP contribution in [-0.4, -0.2) is 43.5 Å². The van der Waals surface area contributed by atoms with Gasteiger partial charge in [-0.25, -0.2) is 4.79 Å². The molecule has 2 aliphatic rings. The predicted molar refractivity (Wildman–Crippen MR) is 163 cm³/mol. The largest absolute Gasteiger partial charge is 0.459 e. The van der Waals surface area contributed by atoms with Crippen LogP contribution in [0.5, 0.6) is 0 Å². The Morgan fingerprint density at radius 2 is 1.68 bits per heavy atom. The number of rotatable bonds is 8. The lowest BCUT2D eigenvalue weighted by molar-refractivity contribution is -0.143. The summed E-state index contributed by atoms with van der Waals surface area (Å²) in [4.78, 5) is 29.7. The van der Waals surface area contributed by atoms with Gasteiger partial charge in [0, 0.05) is 48.1 Å². The van der Waals surface area contributed by atoms with E-state index in [9.17, 15) is 9.59 Å².